The normalized spacial score (nSPS) is 11.4. The maximum atomic E-state index is 12.4. The van der Waals surface area contributed by atoms with E-state index in [4.69, 9.17) is 5.73 Å². The van der Waals surface area contributed by atoms with Crippen molar-refractivity contribution in [3.8, 4) is 0 Å². The highest BCUT2D eigenvalue weighted by molar-refractivity contribution is 5.79. The molecule has 0 aliphatic heterocycles. The average Bonchev–Trinajstić information content (AvgIpc) is 2.59. The molecule has 14 heavy (non-hydrogen) atoms. The molecule has 1 aromatic carbocycles. The average molecular weight is 197 g/mol. The van der Waals surface area contributed by atoms with Crippen molar-refractivity contribution >= 4 is 10.9 Å². The Balaban J connectivity index is 2.59. The summed E-state index contributed by atoms with van der Waals surface area (Å²) in [5.41, 5.74) is 6.77. The first-order valence-electron chi connectivity index (χ1n) is 4.16. The van der Waals surface area contributed by atoms with E-state index in [-0.39, 0.29) is 0 Å². The van der Waals surface area contributed by atoms with Gasteiger partial charge in [0.1, 0.15) is 0 Å². The maximum Gasteiger partial charge on any atom is 0.333 e. The van der Waals surface area contributed by atoms with Crippen molar-refractivity contribution in [2.24, 2.45) is 5.73 Å². The van der Waals surface area contributed by atoms with Gasteiger partial charge >= 0.3 is 6.55 Å². The Labute approximate surface area is 79.1 Å². The zero-order valence-electron chi connectivity index (χ0n) is 7.32. The summed E-state index contributed by atoms with van der Waals surface area (Å²) in [5, 5.41) is 4.28. The standard InChI is InChI=1S/C9H9F2N3/c10-9(11)14-8-2-1-6(4-12)3-7(8)5-13-14/h1-3,5,9H,4,12H2. The summed E-state index contributed by atoms with van der Waals surface area (Å²) in [6.07, 6.45) is 1.42. The number of alkyl halides is 2. The summed E-state index contributed by atoms with van der Waals surface area (Å²) in [6, 6.07) is 5.10. The van der Waals surface area contributed by atoms with Crippen LogP contribution in [-0.4, -0.2) is 9.78 Å². The summed E-state index contributed by atoms with van der Waals surface area (Å²) in [5.74, 6) is 0. The van der Waals surface area contributed by atoms with E-state index in [0.29, 0.717) is 22.1 Å². The second-order valence-electron chi connectivity index (χ2n) is 2.96. The van der Waals surface area contributed by atoms with Crippen molar-refractivity contribution in [3.63, 3.8) is 0 Å². The van der Waals surface area contributed by atoms with E-state index in [1.54, 1.807) is 18.2 Å². The van der Waals surface area contributed by atoms with Crippen LogP contribution >= 0.6 is 0 Å². The van der Waals surface area contributed by atoms with E-state index in [9.17, 15) is 8.78 Å². The first-order valence-corrected chi connectivity index (χ1v) is 4.16. The van der Waals surface area contributed by atoms with Crippen LogP contribution in [0.5, 0.6) is 0 Å². The number of rotatable bonds is 2. The van der Waals surface area contributed by atoms with Crippen LogP contribution in [-0.2, 0) is 6.54 Å². The van der Waals surface area contributed by atoms with Gasteiger partial charge in [-0.15, -0.1) is 0 Å². The van der Waals surface area contributed by atoms with Crippen LogP contribution < -0.4 is 5.73 Å². The molecule has 0 atom stereocenters. The van der Waals surface area contributed by atoms with Gasteiger partial charge in [-0.25, -0.2) is 4.68 Å². The van der Waals surface area contributed by atoms with Gasteiger partial charge in [0.25, 0.3) is 0 Å². The summed E-state index contributed by atoms with van der Waals surface area (Å²) in [6.45, 7) is -2.20. The predicted molar refractivity (Wildman–Crippen MR) is 48.9 cm³/mol. The van der Waals surface area contributed by atoms with Gasteiger partial charge in [-0.05, 0) is 17.7 Å². The number of nitrogens with zero attached hydrogens (tertiary/aromatic N) is 2. The van der Waals surface area contributed by atoms with Crippen LogP contribution in [0.15, 0.2) is 24.4 Å². The largest absolute Gasteiger partial charge is 0.333 e. The van der Waals surface area contributed by atoms with Gasteiger partial charge in [-0.2, -0.15) is 13.9 Å². The van der Waals surface area contributed by atoms with Crippen LogP contribution in [0.4, 0.5) is 8.78 Å². The van der Waals surface area contributed by atoms with Gasteiger partial charge in [0.2, 0.25) is 0 Å². The monoisotopic (exact) mass is 197 g/mol. The Morgan fingerprint density at radius 1 is 1.43 bits per heavy atom. The SMILES string of the molecule is NCc1ccc2c(cnn2C(F)F)c1. The van der Waals surface area contributed by atoms with E-state index in [0.717, 1.165) is 5.56 Å². The number of hydrogen-bond donors (Lipinski definition) is 1. The van der Waals surface area contributed by atoms with Gasteiger partial charge in [-0.1, -0.05) is 6.07 Å². The van der Waals surface area contributed by atoms with Crippen LogP contribution in [0.3, 0.4) is 0 Å². The van der Waals surface area contributed by atoms with Crippen LogP contribution in [0, 0.1) is 0 Å². The molecule has 2 aromatic rings. The van der Waals surface area contributed by atoms with E-state index in [2.05, 4.69) is 5.10 Å². The minimum absolute atomic E-state index is 0.399. The molecule has 3 nitrogen and oxygen atoms in total. The molecule has 1 aromatic heterocycles. The second kappa shape index (κ2) is 3.34. The van der Waals surface area contributed by atoms with Gasteiger partial charge in [0.05, 0.1) is 11.7 Å². The fourth-order valence-electron chi connectivity index (χ4n) is 1.39. The van der Waals surface area contributed by atoms with Crippen molar-refractivity contribution < 1.29 is 8.78 Å². The molecule has 0 bridgehead atoms. The van der Waals surface area contributed by atoms with Crippen LogP contribution in [0.1, 0.15) is 12.1 Å². The van der Waals surface area contributed by atoms with Crippen LogP contribution in [0.25, 0.3) is 10.9 Å². The minimum Gasteiger partial charge on any atom is -0.326 e. The van der Waals surface area contributed by atoms with Crippen molar-refractivity contribution in [2.75, 3.05) is 0 Å². The third kappa shape index (κ3) is 1.35. The second-order valence-corrected chi connectivity index (χ2v) is 2.96. The fraction of sp³-hybridized carbons (Fsp3) is 0.222. The lowest BCUT2D eigenvalue weighted by Gasteiger charge is -2.01. The van der Waals surface area contributed by atoms with Gasteiger partial charge in [-0.3, -0.25) is 0 Å². The van der Waals surface area contributed by atoms with E-state index in [1.165, 1.54) is 6.20 Å². The molecular formula is C9H9F2N3. The number of benzene rings is 1. The number of nitrogens with two attached hydrogens (primary N) is 1. The molecule has 0 amide bonds. The smallest absolute Gasteiger partial charge is 0.326 e. The summed E-state index contributed by atoms with van der Waals surface area (Å²) in [4.78, 5) is 0. The number of fused-ring (bicyclic) bond motifs is 1. The highest BCUT2D eigenvalue weighted by Gasteiger charge is 2.10. The van der Waals surface area contributed by atoms with Crippen molar-refractivity contribution in [3.05, 3.63) is 30.0 Å². The molecule has 0 fully saturated rings. The maximum absolute atomic E-state index is 12.4. The highest BCUT2D eigenvalue weighted by atomic mass is 19.3. The first kappa shape index (κ1) is 9.08. The van der Waals surface area contributed by atoms with Crippen molar-refractivity contribution in [2.45, 2.75) is 13.1 Å². The minimum atomic E-state index is -2.60. The van der Waals surface area contributed by atoms with Crippen LogP contribution in [0.2, 0.25) is 0 Å². The Morgan fingerprint density at radius 3 is 2.86 bits per heavy atom. The lowest BCUT2D eigenvalue weighted by atomic mass is 10.1. The summed E-state index contributed by atoms with van der Waals surface area (Å²) in [7, 11) is 0. The number of halogens is 2. The number of aromatic nitrogens is 2. The summed E-state index contributed by atoms with van der Waals surface area (Å²) < 4.78 is 25.5. The molecule has 5 heteroatoms. The molecule has 74 valence electrons. The van der Waals surface area contributed by atoms with E-state index >= 15 is 0 Å². The molecule has 2 rings (SSSR count). The lowest BCUT2D eigenvalue weighted by molar-refractivity contribution is 0.0615. The lowest BCUT2D eigenvalue weighted by Crippen LogP contribution is -2.00. The third-order valence-electron chi connectivity index (χ3n) is 2.08. The molecule has 1 heterocycles. The molecule has 0 saturated carbocycles. The first-order chi connectivity index (χ1) is 6.72. The fourth-order valence-corrected chi connectivity index (χ4v) is 1.39. The Kier molecular flexibility index (Phi) is 2.17. The van der Waals surface area contributed by atoms with Gasteiger partial charge in [0.15, 0.2) is 0 Å². The third-order valence-corrected chi connectivity index (χ3v) is 2.08. The molecule has 0 unspecified atom stereocenters. The van der Waals surface area contributed by atoms with Gasteiger partial charge in [0, 0.05) is 11.9 Å². The zero-order chi connectivity index (χ0) is 10.1. The molecular weight excluding hydrogens is 188 g/mol. The highest BCUT2D eigenvalue weighted by Crippen LogP contribution is 2.20. The zero-order valence-corrected chi connectivity index (χ0v) is 7.32. The summed E-state index contributed by atoms with van der Waals surface area (Å²) >= 11 is 0. The molecule has 0 radical (unpaired) electrons. The Morgan fingerprint density at radius 2 is 2.21 bits per heavy atom. The Hall–Kier alpha value is -1.49. The van der Waals surface area contributed by atoms with Crippen molar-refractivity contribution in [1.82, 2.24) is 9.78 Å². The topological polar surface area (TPSA) is 43.8 Å². The molecule has 2 N–H and O–H groups in total. The quantitative estimate of drug-likeness (QED) is 0.798. The predicted octanol–water partition coefficient (Wildman–Crippen LogP) is 1.89. The molecule has 0 spiro atoms. The Bertz CT molecular complexity index is 450. The van der Waals surface area contributed by atoms with Crippen molar-refractivity contribution in [1.29, 1.82) is 0 Å². The van der Waals surface area contributed by atoms with Gasteiger partial charge < -0.3 is 5.73 Å². The molecule has 0 saturated heterocycles. The molecule has 0 aliphatic carbocycles. The molecule has 0 aliphatic rings. The number of hydrogen-bond acceptors (Lipinski definition) is 2. The van der Waals surface area contributed by atoms with E-state index < -0.39 is 6.55 Å². The van der Waals surface area contributed by atoms with E-state index in [1.807, 2.05) is 0 Å².